The van der Waals surface area contributed by atoms with Gasteiger partial charge >= 0.3 is 6.09 Å². The van der Waals surface area contributed by atoms with Crippen molar-refractivity contribution in [3.63, 3.8) is 0 Å². The van der Waals surface area contributed by atoms with Gasteiger partial charge in [-0.25, -0.2) is 9.18 Å². The molecular formula is C17H17FN2O3S. The molecule has 1 atom stereocenters. The molecule has 0 bridgehead atoms. The number of anilines is 1. The molecule has 24 heavy (non-hydrogen) atoms. The van der Waals surface area contributed by atoms with Gasteiger partial charge in [0.15, 0.2) is 0 Å². The maximum Gasteiger partial charge on any atom is 0.414 e. The topological polar surface area (TPSA) is 58.6 Å². The van der Waals surface area contributed by atoms with Crippen LogP contribution < -0.4 is 10.2 Å². The van der Waals surface area contributed by atoms with Crippen molar-refractivity contribution in [1.82, 2.24) is 5.32 Å². The largest absolute Gasteiger partial charge is 0.442 e. The maximum absolute atomic E-state index is 14.4. The van der Waals surface area contributed by atoms with Crippen molar-refractivity contribution in [1.29, 1.82) is 0 Å². The monoisotopic (exact) mass is 348 g/mol. The zero-order chi connectivity index (χ0) is 17.3. The second-order valence-electron chi connectivity index (χ2n) is 5.63. The fourth-order valence-electron chi connectivity index (χ4n) is 2.55. The molecule has 2 heterocycles. The first-order chi connectivity index (χ1) is 11.4. The number of amides is 2. The molecule has 1 N–H and O–H groups in total. The van der Waals surface area contributed by atoms with E-state index in [4.69, 9.17) is 4.74 Å². The molecule has 1 aliphatic rings. The van der Waals surface area contributed by atoms with Crippen LogP contribution in [0.2, 0.25) is 0 Å². The lowest BCUT2D eigenvalue weighted by molar-refractivity contribution is -0.119. The summed E-state index contributed by atoms with van der Waals surface area (Å²) in [5, 5.41) is 2.61. The number of nitrogens with one attached hydrogen (secondary N) is 1. The third kappa shape index (κ3) is 3.41. The molecule has 1 aromatic heterocycles. The SMILES string of the molecule is CC(=O)NC[C@H]1CN(c2ccc(-c3ccc(C)s3)c(F)c2)C(=O)O1. The molecule has 126 valence electrons. The van der Waals surface area contributed by atoms with E-state index in [0.717, 1.165) is 9.75 Å². The quantitative estimate of drug-likeness (QED) is 0.922. The molecule has 1 saturated heterocycles. The van der Waals surface area contributed by atoms with Crippen molar-refractivity contribution < 1.29 is 18.7 Å². The minimum atomic E-state index is -0.538. The molecule has 0 unspecified atom stereocenters. The van der Waals surface area contributed by atoms with E-state index in [-0.39, 0.29) is 24.8 Å². The van der Waals surface area contributed by atoms with Gasteiger partial charge in [0.1, 0.15) is 11.9 Å². The van der Waals surface area contributed by atoms with Crippen molar-refractivity contribution >= 4 is 29.0 Å². The Morgan fingerprint density at radius 1 is 1.42 bits per heavy atom. The van der Waals surface area contributed by atoms with Gasteiger partial charge in [-0.3, -0.25) is 9.69 Å². The molecule has 2 amide bonds. The number of hydrogen-bond acceptors (Lipinski definition) is 4. The van der Waals surface area contributed by atoms with Gasteiger partial charge in [0.05, 0.1) is 18.8 Å². The van der Waals surface area contributed by atoms with Crippen LogP contribution >= 0.6 is 11.3 Å². The van der Waals surface area contributed by atoms with E-state index in [9.17, 15) is 14.0 Å². The van der Waals surface area contributed by atoms with Crippen LogP contribution in [0.1, 0.15) is 11.8 Å². The molecule has 0 saturated carbocycles. The summed E-state index contributed by atoms with van der Waals surface area (Å²) >= 11 is 1.52. The Bertz CT molecular complexity index is 790. The molecule has 1 fully saturated rings. The van der Waals surface area contributed by atoms with E-state index in [2.05, 4.69) is 5.32 Å². The van der Waals surface area contributed by atoms with Gasteiger partial charge in [-0.1, -0.05) is 0 Å². The van der Waals surface area contributed by atoms with Gasteiger partial charge in [0.2, 0.25) is 5.91 Å². The smallest absolute Gasteiger partial charge is 0.414 e. The lowest BCUT2D eigenvalue weighted by atomic mass is 10.1. The van der Waals surface area contributed by atoms with Crippen molar-refractivity contribution in [2.75, 3.05) is 18.0 Å². The van der Waals surface area contributed by atoms with Crippen molar-refractivity contribution in [2.24, 2.45) is 0 Å². The summed E-state index contributed by atoms with van der Waals surface area (Å²) in [6.07, 6.45) is -0.978. The molecule has 2 aromatic rings. The van der Waals surface area contributed by atoms with Gasteiger partial charge < -0.3 is 10.1 Å². The Balaban J connectivity index is 1.77. The number of hydrogen-bond donors (Lipinski definition) is 1. The molecule has 5 nitrogen and oxygen atoms in total. The second-order valence-corrected chi connectivity index (χ2v) is 6.92. The Labute approximate surface area is 143 Å². The van der Waals surface area contributed by atoms with Crippen LogP contribution in [-0.4, -0.2) is 31.2 Å². The number of nitrogens with zero attached hydrogens (tertiary/aromatic N) is 1. The van der Waals surface area contributed by atoms with Crippen LogP contribution in [0.15, 0.2) is 30.3 Å². The molecule has 7 heteroatoms. The summed E-state index contributed by atoms with van der Waals surface area (Å²) in [5.74, 6) is -0.571. The van der Waals surface area contributed by atoms with Crippen LogP contribution in [0.3, 0.4) is 0 Å². The number of cyclic esters (lactones) is 1. The number of aryl methyl sites for hydroxylation is 1. The van der Waals surface area contributed by atoms with E-state index in [0.29, 0.717) is 11.3 Å². The van der Waals surface area contributed by atoms with E-state index in [1.54, 1.807) is 12.1 Å². The Kier molecular flexibility index (Phi) is 4.53. The highest BCUT2D eigenvalue weighted by Gasteiger charge is 2.32. The van der Waals surface area contributed by atoms with E-state index in [1.807, 2.05) is 19.1 Å². The first-order valence-corrected chi connectivity index (χ1v) is 8.34. The molecule has 3 rings (SSSR count). The van der Waals surface area contributed by atoms with Crippen LogP contribution in [0.4, 0.5) is 14.9 Å². The molecule has 0 spiro atoms. The van der Waals surface area contributed by atoms with Gasteiger partial charge in [-0.05, 0) is 37.3 Å². The highest BCUT2D eigenvalue weighted by Crippen LogP contribution is 2.32. The lowest BCUT2D eigenvalue weighted by Crippen LogP contribution is -2.33. The number of rotatable bonds is 4. The molecule has 1 aliphatic heterocycles. The zero-order valence-corrected chi connectivity index (χ0v) is 14.2. The standard InChI is InChI=1S/C17H17FN2O3S/c1-10-3-6-16(24-10)14-5-4-12(7-15(14)18)20-9-13(23-17(20)22)8-19-11(2)21/h3-7,13H,8-9H2,1-2H3,(H,19,21)/t13-/m0/s1. The average Bonchev–Trinajstić information content (AvgIpc) is 3.11. The summed E-state index contributed by atoms with van der Waals surface area (Å²) in [6, 6.07) is 8.54. The molecule has 1 aromatic carbocycles. The summed E-state index contributed by atoms with van der Waals surface area (Å²) in [6.45, 7) is 3.88. The molecule has 0 aliphatic carbocycles. The molecule has 0 radical (unpaired) electrons. The number of carbonyl (C=O) groups excluding carboxylic acids is 2. The van der Waals surface area contributed by atoms with Crippen LogP contribution in [0.25, 0.3) is 10.4 Å². The summed E-state index contributed by atoms with van der Waals surface area (Å²) in [7, 11) is 0. The number of thiophene rings is 1. The van der Waals surface area contributed by atoms with Crippen molar-refractivity contribution in [3.8, 4) is 10.4 Å². The Morgan fingerprint density at radius 3 is 2.83 bits per heavy atom. The Hall–Kier alpha value is -2.41. The van der Waals surface area contributed by atoms with Crippen molar-refractivity contribution in [3.05, 3.63) is 41.0 Å². The van der Waals surface area contributed by atoms with Gasteiger partial charge in [-0.15, -0.1) is 11.3 Å². The summed E-state index contributed by atoms with van der Waals surface area (Å²) in [4.78, 5) is 26.2. The summed E-state index contributed by atoms with van der Waals surface area (Å²) in [5.41, 5.74) is 0.957. The second kappa shape index (κ2) is 6.60. The minimum absolute atomic E-state index is 0.189. The van der Waals surface area contributed by atoms with E-state index >= 15 is 0 Å². The van der Waals surface area contributed by atoms with E-state index in [1.165, 1.54) is 29.2 Å². The Morgan fingerprint density at radius 2 is 2.21 bits per heavy atom. The average molecular weight is 348 g/mol. The number of benzene rings is 1. The van der Waals surface area contributed by atoms with Crippen molar-refractivity contribution in [2.45, 2.75) is 20.0 Å². The van der Waals surface area contributed by atoms with Gasteiger partial charge in [-0.2, -0.15) is 0 Å². The van der Waals surface area contributed by atoms with Crippen LogP contribution in [-0.2, 0) is 9.53 Å². The first kappa shape index (κ1) is 16.4. The third-order valence-electron chi connectivity index (χ3n) is 3.72. The normalized spacial score (nSPS) is 17.0. The third-order valence-corrected chi connectivity index (χ3v) is 4.76. The number of halogens is 1. The van der Waals surface area contributed by atoms with Crippen LogP contribution in [0, 0.1) is 12.7 Å². The first-order valence-electron chi connectivity index (χ1n) is 7.53. The number of carbonyl (C=O) groups is 2. The minimum Gasteiger partial charge on any atom is -0.442 e. The predicted octanol–water partition coefficient (Wildman–Crippen LogP) is 3.32. The molecular weight excluding hydrogens is 331 g/mol. The summed E-state index contributed by atoms with van der Waals surface area (Å²) < 4.78 is 19.6. The lowest BCUT2D eigenvalue weighted by Gasteiger charge is -2.14. The predicted molar refractivity (Wildman–Crippen MR) is 90.7 cm³/mol. The fraction of sp³-hybridized carbons (Fsp3) is 0.294. The highest BCUT2D eigenvalue weighted by molar-refractivity contribution is 7.15. The maximum atomic E-state index is 14.4. The van der Waals surface area contributed by atoms with Crippen LogP contribution in [0.5, 0.6) is 0 Å². The van der Waals surface area contributed by atoms with Gasteiger partial charge in [0.25, 0.3) is 0 Å². The highest BCUT2D eigenvalue weighted by atomic mass is 32.1. The van der Waals surface area contributed by atoms with Gasteiger partial charge in [0, 0.05) is 22.2 Å². The zero-order valence-electron chi connectivity index (χ0n) is 13.3. The number of ether oxygens (including phenoxy) is 1. The fourth-order valence-corrected chi connectivity index (χ4v) is 3.44. The van der Waals surface area contributed by atoms with E-state index < -0.39 is 12.2 Å².